The van der Waals surface area contributed by atoms with Gasteiger partial charge in [-0.15, -0.1) is 0 Å². The third kappa shape index (κ3) is 6.35. The molecule has 2 aromatic carbocycles. The Balaban J connectivity index is 1.65. The van der Waals surface area contributed by atoms with Gasteiger partial charge in [-0.05, 0) is 35.7 Å². The second-order valence-electron chi connectivity index (χ2n) is 7.88. The largest absolute Gasteiger partial charge is 0.377 e. The molecule has 10 heteroatoms. The number of primary sulfonamides is 1. The highest BCUT2D eigenvalue weighted by atomic mass is 32.2. The van der Waals surface area contributed by atoms with Crippen LogP contribution >= 0.6 is 0 Å². The molecule has 0 amide bonds. The van der Waals surface area contributed by atoms with Crippen molar-refractivity contribution in [1.82, 2.24) is 4.57 Å². The van der Waals surface area contributed by atoms with Crippen LogP contribution in [0.5, 0.6) is 0 Å². The van der Waals surface area contributed by atoms with Crippen LogP contribution in [0.15, 0.2) is 59.6 Å². The summed E-state index contributed by atoms with van der Waals surface area (Å²) in [6, 6.07) is 15.2. The number of nitrogens with zero attached hydrogens (tertiary/aromatic N) is 2. The molecule has 0 spiro atoms. The number of hydrogen-bond acceptors (Lipinski definition) is 7. The van der Waals surface area contributed by atoms with Crippen molar-refractivity contribution < 1.29 is 27.4 Å². The first-order valence-electron chi connectivity index (χ1n) is 11.3. The third-order valence-electron chi connectivity index (χ3n) is 5.59. The summed E-state index contributed by atoms with van der Waals surface area (Å²) in [5.41, 5.74) is 2.38. The number of ether oxygens (including phenoxy) is 4. The SMILES string of the molecule is NS(=O)(=O)c1ccc(-n2ccc3ccccc32)cc1N1CCOCCOCCOCCOCC1. The average Bonchev–Trinajstić information content (AvgIpc) is 3.25. The first-order chi connectivity index (χ1) is 16.5. The molecule has 1 fully saturated rings. The Morgan fingerprint density at radius 2 is 1.32 bits per heavy atom. The topological polar surface area (TPSA) is 105 Å². The minimum atomic E-state index is -3.95. The van der Waals surface area contributed by atoms with Crippen molar-refractivity contribution in [1.29, 1.82) is 0 Å². The summed E-state index contributed by atoms with van der Waals surface area (Å²) in [6.07, 6.45) is 1.97. The number of fused-ring (bicyclic) bond motifs is 1. The van der Waals surface area contributed by atoms with E-state index in [-0.39, 0.29) is 4.90 Å². The Morgan fingerprint density at radius 3 is 1.94 bits per heavy atom. The van der Waals surface area contributed by atoms with Gasteiger partial charge in [0.15, 0.2) is 0 Å². The van der Waals surface area contributed by atoms with E-state index in [0.29, 0.717) is 71.6 Å². The van der Waals surface area contributed by atoms with Crippen LogP contribution in [-0.4, -0.2) is 78.9 Å². The summed E-state index contributed by atoms with van der Waals surface area (Å²) in [7, 11) is -3.95. The first-order valence-corrected chi connectivity index (χ1v) is 12.9. The zero-order valence-corrected chi connectivity index (χ0v) is 19.9. The fraction of sp³-hybridized carbons (Fsp3) is 0.417. The monoisotopic (exact) mass is 489 g/mol. The van der Waals surface area contributed by atoms with Gasteiger partial charge in [0, 0.05) is 25.0 Å². The lowest BCUT2D eigenvalue weighted by atomic mass is 10.2. The van der Waals surface area contributed by atoms with Crippen LogP contribution < -0.4 is 10.0 Å². The molecule has 184 valence electrons. The highest BCUT2D eigenvalue weighted by molar-refractivity contribution is 7.89. The molecule has 2 heterocycles. The zero-order valence-electron chi connectivity index (χ0n) is 19.1. The normalized spacial score (nSPS) is 17.9. The van der Waals surface area contributed by atoms with Gasteiger partial charge in [-0.2, -0.15) is 0 Å². The molecule has 0 saturated carbocycles. The van der Waals surface area contributed by atoms with Crippen LogP contribution in [0.1, 0.15) is 0 Å². The number of sulfonamides is 1. The molecule has 0 radical (unpaired) electrons. The Morgan fingerprint density at radius 1 is 0.735 bits per heavy atom. The standard InChI is InChI=1S/C24H31N3O6S/c25-34(28,29)24-6-5-21(27-8-7-20-3-1-2-4-22(20)27)19-23(24)26-9-11-30-13-15-32-17-18-33-16-14-31-12-10-26/h1-8,19H,9-18H2,(H2,25,28,29). The molecule has 2 N–H and O–H groups in total. The molecule has 0 bridgehead atoms. The van der Waals surface area contributed by atoms with Crippen molar-refractivity contribution in [3.05, 3.63) is 54.7 Å². The summed E-state index contributed by atoms with van der Waals surface area (Å²) in [5, 5.41) is 6.69. The maximum atomic E-state index is 12.5. The molecule has 0 aliphatic carbocycles. The Hall–Kier alpha value is -2.47. The lowest BCUT2D eigenvalue weighted by molar-refractivity contribution is 0.00206. The van der Waals surface area contributed by atoms with Crippen LogP contribution in [0.25, 0.3) is 16.6 Å². The second kappa shape index (κ2) is 11.8. The maximum Gasteiger partial charge on any atom is 0.240 e. The van der Waals surface area contributed by atoms with E-state index in [1.807, 2.05) is 52.1 Å². The van der Waals surface area contributed by atoms with E-state index in [2.05, 4.69) is 0 Å². The first kappa shape index (κ1) is 24.6. The highest BCUT2D eigenvalue weighted by Gasteiger charge is 2.20. The summed E-state index contributed by atoms with van der Waals surface area (Å²) in [5.74, 6) is 0. The Bertz CT molecular complexity index is 1160. The van der Waals surface area contributed by atoms with Gasteiger partial charge >= 0.3 is 0 Å². The average molecular weight is 490 g/mol. The minimum absolute atomic E-state index is 0.0669. The van der Waals surface area contributed by atoms with E-state index < -0.39 is 10.0 Å². The molecule has 1 saturated heterocycles. The summed E-state index contributed by atoms with van der Waals surface area (Å²) in [4.78, 5) is 2.01. The summed E-state index contributed by atoms with van der Waals surface area (Å²) < 4.78 is 49.3. The van der Waals surface area contributed by atoms with Crippen LogP contribution in [0.3, 0.4) is 0 Å². The van der Waals surface area contributed by atoms with Gasteiger partial charge in [0.2, 0.25) is 10.0 Å². The number of nitrogens with two attached hydrogens (primary N) is 1. The molecule has 1 aliphatic heterocycles. The molecular formula is C24H31N3O6S. The van der Waals surface area contributed by atoms with Gasteiger partial charge < -0.3 is 28.4 Å². The Kier molecular flexibility index (Phi) is 8.54. The van der Waals surface area contributed by atoms with Crippen molar-refractivity contribution in [3.63, 3.8) is 0 Å². The predicted octanol–water partition coefficient (Wildman–Crippen LogP) is 2.16. The van der Waals surface area contributed by atoms with Gasteiger partial charge in [0.05, 0.1) is 64.1 Å². The molecule has 9 nitrogen and oxygen atoms in total. The summed E-state index contributed by atoms with van der Waals surface area (Å²) in [6.45, 7) is 4.60. The van der Waals surface area contributed by atoms with E-state index in [0.717, 1.165) is 16.6 Å². The van der Waals surface area contributed by atoms with Crippen LogP contribution in [0.4, 0.5) is 5.69 Å². The van der Waals surface area contributed by atoms with E-state index in [9.17, 15) is 8.42 Å². The molecule has 4 rings (SSSR count). The molecule has 1 aliphatic rings. The quantitative estimate of drug-likeness (QED) is 0.601. The van der Waals surface area contributed by atoms with Gasteiger partial charge in [-0.1, -0.05) is 18.2 Å². The zero-order chi connectivity index (χ0) is 23.8. The van der Waals surface area contributed by atoms with Crippen molar-refractivity contribution in [2.75, 3.05) is 70.8 Å². The fourth-order valence-corrected chi connectivity index (χ4v) is 4.65. The third-order valence-corrected chi connectivity index (χ3v) is 6.55. The van der Waals surface area contributed by atoms with Crippen LogP contribution in [0, 0.1) is 0 Å². The van der Waals surface area contributed by atoms with Crippen LogP contribution in [-0.2, 0) is 29.0 Å². The number of anilines is 1. The van der Waals surface area contributed by atoms with Gasteiger partial charge in [-0.3, -0.25) is 0 Å². The fourth-order valence-electron chi connectivity index (χ4n) is 3.92. The van der Waals surface area contributed by atoms with Crippen molar-refractivity contribution >= 4 is 26.6 Å². The van der Waals surface area contributed by atoms with Gasteiger partial charge in [-0.25, -0.2) is 13.6 Å². The molecular weight excluding hydrogens is 458 g/mol. The van der Waals surface area contributed by atoms with Crippen molar-refractivity contribution in [2.24, 2.45) is 5.14 Å². The Labute approximate surface area is 200 Å². The lowest BCUT2D eigenvalue weighted by Crippen LogP contribution is -2.33. The van der Waals surface area contributed by atoms with E-state index in [1.54, 1.807) is 12.1 Å². The maximum absolute atomic E-state index is 12.5. The smallest absolute Gasteiger partial charge is 0.240 e. The molecule has 0 atom stereocenters. The molecule has 0 unspecified atom stereocenters. The molecule has 34 heavy (non-hydrogen) atoms. The number of benzene rings is 2. The lowest BCUT2D eigenvalue weighted by Gasteiger charge is -2.27. The van der Waals surface area contributed by atoms with E-state index in [1.165, 1.54) is 0 Å². The number of aromatic nitrogens is 1. The molecule has 3 aromatic rings. The molecule has 1 aromatic heterocycles. The van der Waals surface area contributed by atoms with E-state index >= 15 is 0 Å². The second-order valence-corrected chi connectivity index (χ2v) is 9.41. The number of para-hydroxylation sites is 1. The van der Waals surface area contributed by atoms with Crippen molar-refractivity contribution in [3.8, 4) is 5.69 Å². The minimum Gasteiger partial charge on any atom is -0.377 e. The van der Waals surface area contributed by atoms with Crippen LogP contribution in [0.2, 0.25) is 0 Å². The van der Waals surface area contributed by atoms with Gasteiger partial charge in [0.1, 0.15) is 4.90 Å². The van der Waals surface area contributed by atoms with Gasteiger partial charge in [0.25, 0.3) is 0 Å². The number of hydrogen-bond donors (Lipinski definition) is 1. The van der Waals surface area contributed by atoms with E-state index in [4.69, 9.17) is 24.1 Å². The highest BCUT2D eigenvalue weighted by Crippen LogP contribution is 2.29. The summed E-state index contributed by atoms with van der Waals surface area (Å²) >= 11 is 0. The number of rotatable bonds is 3. The van der Waals surface area contributed by atoms with Crippen molar-refractivity contribution in [2.45, 2.75) is 4.90 Å². The predicted molar refractivity (Wildman–Crippen MR) is 130 cm³/mol.